The van der Waals surface area contributed by atoms with Gasteiger partial charge in [-0.1, -0.05) is 6.42 Å². The topological polar surface area (TPSA) is 32.5 Å². The van der Waals surface area contributed by atoms with Gasteiger partial charge in [0.1, 0.15) is 0 Å². The second-order valence-electron chi connectivity index (χ2n) is 6.35. The SMILES string of the molecule is CN1CCCC(N(C)CCC2(CN)CCC2)C1. The molecule has 17 heavy (non-hydrogen) atoms. The van der Waals surface area contributed by atoms with E-state index in [2.05, 4.69) is 23.9 Å². The van der Waals surface area contributed by atoms with E-state index in [1.165, 1.54) is 58.2 Å². The van der Waals surface area contributed by atoms with E-state index >= 15 is 0 Å². The molecule has 3 nitrogen and oxygen atoms in total. The van der Waals surface area contributed by atoms with Crippen LogP contribution in [0.4, 0.5) is 0 Å². The Labute approximate surface area is 106 Å². The predicted octanol–water partition coefficient (Wildman–Crippen LogP) is 1.53. The number of piperidine rings is 1. The van der Waals surface area contributed by atoms with Gasteiger partial charge in [0.15, 0.2) is 0 Å². The Morgan fingerprint density at radius 2 is 2.12 bits per heavy atom. The van der Waals surface area contributed by atoms with Gasteiger partial charge >= 0.3 is 0 Å². The van der Waals surface area contributed by atoms with Crippen LogP contribution >= 0.6 is 0 Å². The van der Waals surface area contributed by atoms with E-state index in [0.29, 0.717) is 5.41 Å². The van der Waals surface area contributed by atoms with Gasteiger partial charge in [-0.05, 0) is 71.2 Å². The molecule has 1 aliphatic carbocycles. The molecular weight excluding hydrogens is 210 g/mol. The summed E-state index contributed by atoms with van der Waals surface area (Å²) in [6.45, 7) is 4.64. The Balaban J connectivity index is 1.74. The van der Waals surface area contributed by atoms with E-state index in [4.69, 9.17) is 5.73 Å². The highest BCUT2D eigenvalue weighted by Gasteiger charge is 2.35. The summed E-state index contributed by atoms with van der Waals surface area (Å²) in [4.78, 5) is 5.04. The highest BCUT2D eigenvalue weighted by atomic mass is 15.2. The third-order valence-corrected chi connectivity index (χ3v) is 5.07. The maximum atomic E-state index is 5.93. The number of rotatable bonds is 5. The minimum atomic E-state index is 0.509. The molecule has 2 aliphatic rings. The fourth-order valence-electron chi connectivity index (χ4n) is 3.33. The Morgan fingerprint density at radius 3 is 2.65 bits per heavy atom. The average Bonchev–Trinajstić information content (AvgIpc) is 2.28. The maximum Gasteiger partial charge on any atom is 0.0220 e. The van der Waals surface area contributed by atoms with Gasteiger partial charge in [-0.2, -0.15) is 0 Å². The van der Waals surface area contributed by atoms with E-state index < -0.39 is 0 Å². The Hall–Kier alpha value is -0.120. The summed E-state index contributed by atoms with van der Waals surface area (Å²) in [5, 5.41) is 0. The van der Waals surface area contributed by atoms with E-state index in [-0.39, 0.29) is 0 Å². The lowest BCUT2D eigenvalue weighted by Gasteiger charge is -2.43. The fraction of sp³-hybridized carbons (Fsp3) is 1.00. The largest absolute Gasteiger partial charge is 0.330 e. The first-order valence-corrected chi connectivity index (χ1v) is 7.24. The van der Waals surface area contributed by atoms with Gasteiger partial charge in [-0.25, -0.2) is 0 Å². The smallest absolute Gasteiger partial charge is 0.0220 e. The molecule has 1 heterocycles. The van der Waals surface area contributed by atoms with Crippen molar-refractivity contribution in [3.8, 4) is 0 Å². The monoisotopic (exact) mass is 239 g/mol. The summed E-state index contributed by atoms with van der Waals surface area (Å²) in [7, 11) is 4.54. The molecule has 0 aromatic rings. The normalized spacial score (nSPS) is 29.3. The van der Waals surface area contributed by atoms with Crippen LogP contribution in [0.1, 0.15) is 38.5 Å². The molecule has 0 spiro atoms. The summed E-state index contributed by atoms with van der Waals surface area (Å²) in [5.74, 6) is 0. The van der Waals surface area contributed by atoms with E-state index in [1.807, 2.05) is 0 Å². The zero-order chi connectivity index (χ0) is 12.3. The lowest BCUT2D eigenvalue weighted by molar-refractivity contribution is 0.0816. The Bertz CT molecular complexity index is 232. The quantitative estimate of drug-likeness (QED) is 0.790. The van der Waals surface area contributed by atoms with Crippen molar-refractivity contribution in [2.24, 2.45) is 11.1 Å². The molecule has 0 radical (unpaired) electrons. The summed E-state index contributed by atoms with van der Waals surface area (Å²) >= 11 is 0. The second-order valence-corrected chi connectivity index (χ2v) is 6.35. The molecule has 2 fully saturated rings. The van der Waals surface area contributed by atoms with Crippen molar-refractivity contribution in [1.29, 1.82) is 0 Å². The number of likely N-dealkylation sites (N-methyl/N-ethyl adjacent to an activating group) is 2. The zero-order valence-electron chi connectivity index (χ0n) is 11.6. The van der Waals surface area contributed by atoms with Crippen molar-refractivity contribution in [2.75, 3.05) is 40.3 Å². The van der Waals surface area contributed by atoms with Crippen LogP contribution in [0, 0.1) is 5.41 Å². The van der Waals surface area contributed by atoms with Crippen molar-refractivity contribution in [1.82, 2.24) is 9.80 Å². The van der Waals surface area contributed by atoms with Crippen molar-refractivity contribution < 1.29 is 0 Å². The number of hydrogen-bond donors (Lipinski definition) is 1. The molecule has 2 rings (SSSR count). The molecule has 0 aromatic carbocycles. The second kappa shape index (κ2) is 5.68. The van der Waals surface area contributed by atoms with E-state index in [0.717, 1.165) is 12.6 Å². The number of nitrogens with two attached hydrogens (primary N) is 1. The number of nitrogens with zero attached hydrogens (tertiary/aromatic N) is 2. The molecule has 0 aromatic heterocycles. The third kappa shape index (κ3) is 3.21. The summed E-state index contributed by atoms with van der Waals surface area (Å²) in [6, 6.07) is 0.767. The molecule has 1 atom stereocenters. The molecule has 2 N–H and O–H groups in total. The minimum Gasteiger partial charge on any atom is -0.330 e. The summed E-state index contributed by atoms with van der Waals surface area (Å²) < 4.78 is 0. The van der Waals surface area contributed by atoms with Crippen molar-refractivity contribution in [2.45, 2.75) is 44.6 Å². The van der Waals surface area contributed by atoms with E-state index in [1.54, 1.807) is 0 Å². The van der Waals surface area contributed by atoms with Crippen LogP contribution in [0.2, 0.25) is 0 Å². The molecule has 1 aliphatic heterocycles. The van der Waals surface area contributed by atoms with Crippen molar-refractivity contribution >= 4 is 0 Å². The van der Waals surface area contributed by atoms with Crippen molar-refractivity contribution in [3.63, 3.8) is 0 Å². The average molecular weight is 239 g/mol. The molecule has 1 saturated carbocycles. The van der Waals surface area contributed by atoms with Gasteiger partial charge in [-0.15, -0.1) is 0 Å². The van der Waals surface area contributed by atoms with Crippen LogP contribution < -0.4 is 5.73 Å². The lowest BCUT2D eigenvalue weighted by Crippen LogP contribution is -2.47. The summed E-state index contributed by atoms with van der Waals surface area (Å²) in [5.41, 5.74) is 6.44. The minimum absolute atomic E-state index is 0.509. The van der Waals surface area contributed by atoms with Crippen LogP contribution in [0.3, 0.4) is 0 Å². The first-order valence-electron chi connectivity index (χ1n) is 7.24. The van der Waals surface area contributed by atoms with Crippen LogP contribution in [-0.4, -0.2) is 56.1 Å². The maximum absolute atomic E-state index is 5.93. The molecular formula is C14H29N3. The number of likely N-dealkylation sites (tertiary alicyclic amines) is 1. The molecule has 0 amide bonds. The van der Waals surface area contributed by atoms with Gasteiger partial charge in [0.2, 0.25) is 0 Å². The first-order chi connectivity index (χ1) is 8.15. The van der Waals surface area contributed by atoms with Gasteiger partial charge in [0.25, 0.3) is 0 Å². The number of hydrogen-bond acceptors (Lipinski definition) is 3. The predicted molar refractivity (Wildman–Crippen MR) is 73.1 cm³/mol. The Kier molecular flexibility index (Phi) is 4.45. The highest BCUT2D eigenvalue weighted by molar-refractivity contribution is 4.90. The lowest BCUT2D eigenvalue weighted by atomic mass is 9.66. The molecule has 1 unspecified atom stereocenters. The molecule has 3 heteroatoms. The first kappa shape index (κ1) is 13.3. The highest BCUT2D eigenvalue weighted by Crippen LogP contribution is 2.43. The van der Waals surface area contributed by atoms with Crippen LogP contribution in [0.25, 0.3) is 0 Å². The van der Waals surface area contributed by atoms with Crippen molar-refractivity contribution in [3.05, 3.63) is 0 Å². The van der Waals surface area contributed by atoms with Crippen LogP contribution in [0.15, 0.2) is 0 Å². The van der Waals surface area contributed by atoms with Crippen LogP contribution in [0.5, 0.6) is 0 Å². The van der Waals surface area contributed by atoms with Gasteiger partial charge in [-0.3, -0.25) is 0 Å². The third-order valence-electron chi connectivity index (χ3n) is 5.07. The molecule has 0 bridgehead atoms. The van der Waals surface area contributed by atoms with Gasteiger partial charge in [0.05, 0.1) is 0 Å². The van der Waals surface area contributed by atoms with E-state index in [9.17, 15) is 0 Å². The Morgan fingerprint density at radius 1 is 1.35 bits per heavy atom. The van der Waals surface area contributed by atoms with Gasteiger partial charge < -0.3 is 15.5 Å². The molecule has 100 valence electrons. The fourth-order valence-corrected chi connectivity index (χ4v) is 3.33. The zero-order valence-corrected chi connectivity index (χ0v) is 11.6. The van der Waals surface area contributed by atoms with Gasteiger partial charge in [0, 0.05) is 12.6 Å². The molecule has 1 saturated heterocycles. The standard InChI is InChI=1S/C14H29N3/c1-16-9-3-5-13(11-16)17(2)10-8-14(12-15)6-4-7-14/h13H,3-12,15H2,1-2H3. The van der Waals surface area contributed by atoms with Crippen LogP contribution in [-0.2, 0) is 0 Å². The summed E-state index contributed by atoms with van der Waals surface area (Å²) in [6.07, 6.45) is 8.15.